The number of aromatic nitrogens is 2. The number of halogens is 2. The first-order chi connectivity index (χ1) is 8.56. The first-order valence-electron chi connectivity index (χ1n) is 5.69. The number of hydrogen-bond donors (Lipinski definition) is 1. The molecule has 0 amide bonds. The number of hydrogen-bond acceptors (Lipinski definition) is 3. The van der Waals surface area contributed by atoms with Crippen molar-refractivity contribution in [3.05, 3.63) is 38.9 Å². The van der Waals surface area contributed by atoms with Crippen LogP contribution in [0, 0.1) is 0 Å². The quantitative estimate of drug-likeness (QED) is 0.880. The molecule has 98 valence electrons. The van der Waals surface area contributed by atoms with Crippen molar-refractivity contribution < 1.29 is 4.42 Å². The fraction of sp³-hybridized carbons (Fsp3) is 0.417. The van der Waals surface area contributed by atoms with Gasteiger partial charge in [0.25, 0.3) is 0 Å². The summed E-state index contributed by atoms with van der Waals surface area (Å²) in [7, 11) is 1.92. The molecule has 18 heavy (non-hydrogen) atoms. The van der Waals surface area contributed by atoms with Gasteiger partial charge in [-0.25, -0.2) is 0 Å². The van der Waals surface area contributed by atoms with Crippen LogP contribution in [0.3, 0.4) is 0 Å². The van der Waals surface area contributed by atoms with Crippen molar-refractivity contribution in [3.63, 3.8) is 0 Å². The highest BCUT2D eigenvalue weighted by molar-refractivity contribution is 9.10. The van der Waals surface area contributed by atoms with Gasteiger partial charge in [-0.1, -0.05) is 0 Å². The molecule has 1 unspecified atom stereocenters. The molecule has 0 saturated heterocycles. The Kier molecular flexibility index (Phi) is 4.29. The first-order valence-corrected chi connectivity index (χ1v) is 7.28. The largest absolute Gasteiger partial charge is 0.457 e. The lowest BCUT2D eigenvalue weighted by Crippen LogP contribution is -2.22. The Balaban J connectivity index is 2.52. The Labute approximate surface area is 123 Å². The molecule has 1 N–H and O–H groups in total. The van der Waals surface area contributed by atoms with Crippen LogP contribution in [-0.4, -0.2) is 16.8 Å². The van der Waals surface area contributed by atoms with Gasteiger partial charge in [0.05, 0.1) is 28.7 Å². The SMILES string of the molecule is CNC(c1ccoc1Br)c1c(Br)cnn1C(C)C. The van der Waals surface area contributed by atoms with Gasteiger partial charge in [0.2, 0.25) is 0 Å². The zero-order chi connectivity index (χ0) is 13.3. The average Bonchev–Trinajstić information content (AvgIpc) is 2.89. The zero-order valence-corrected chi connectivity index (χ0v) is 13.6. The maximum absolute atomic E-state index is 5.32. The summed E-state index contributed by atoms with van der Waals surface area (Å²) in [6, 6.07) is 2.28. The monoisotopic (exact) mass is 375 g/mol. The molecule has 0 aliphatic heterocycles. The van der Waals surface area contributed by atoms with E-state index >= 15 is 0 Å². The van der Waals surface area contributed by atoms with Crippen LogP contribution in [0.15, 0.2) is 32.1 Å². The lowest BCUT2D eigenvalue weighted by atomic mass is 10.1. The third-order valence-electron chi connectivity index (χ3n) is 2.80. The highest BCUT2D eigenvalue weighted by atomic mass is 79.9. The van der Waals surface area contributed by atoms with Gasteiger partial charge < -0.3 is 9.73 Å². The molecule has 0 fully saturated rings. The van der Waals surface area contributed by atoms with E-state index in [-0.39, 0.29) is 6.04 Å². The van der Waals surface area contributed by atoms with Crippen LogP contribution in [0.4, 0.5) is 0 Å². The minimum absolute atomic E-state index is 0.0254. The lowest BCUT2D eigenvalue weighted by molar-refractivity contribution is 0.477. The molecule has 1 atom stereocenters. The summed E-state index contributed by atoms with van der Waals surface area (Å²) in [5, 5.41) is 7.71. The van der Waals surface area contributed by atoms with Crippen LogP contribution in [0.1, 0.15) is 37.2 Å². The summed E-state index contributed by atoms with van der Waals surface area (Å²) >= 11 is 7.00. The highest BCUT2D eigenvalue weighted by Gasteiger charge is 2.24. The van der Waals surface area contributed by atoms with Gasteiger partial charge in [0.1, 0.15) is 0 Å². The van der Waals surface area contributed by atoms with E-state index in [0.717, 1.165) is 20.4 Å². The van der Waals surface area contributed by atoms with Crippen LogP contribution in [0.25, 0.3) is 0 Å². The Bertz CT molecular complexity index is 533. The van der Waals surface area contributed by atoms with Crippen LogP contribution in [0.5, 0.6) is 0 Å². The van der Waals surface area contributed by atoms with Gasteiger partial charge >= 0.3 is 0 Å². The zero-order valence-electron chi connectivity index (χ0n) is 10.4. The van der Waals surface area contributed by atoms with Crippen molar-refractivity contribution >= 4 is 31.9 Å². The van der Waals surface area contributed by atoms with Gasteiger partial charge in [-0.05, 0) is 58.8 Å². The van der Waals surface area contributed by atoms with Crippen LogP contribution < -0.4 is 5.32 Å². The number of nitrogens with one attached hydrogen (secondary N) is 1. The van der Waals surface area contributed by atoms with Crippen molar-refractivity contribution in [1.82, 2.24) is 15.1 Å². The molecule has 0 spiro atoms. The average molecular weight is 377 g/mol. The molecule has 2 heterocycles. The van der Waals surface area contributed by atoms with E-state index in [1.807, 2.05) is 24.0 Å². The van der Waals surface area contributed by atoms with E-state index in [1.54, 1.807) is 6.26 Å². The topological polar surface area (TPSA) is 43.0 Å². The smallest absolute Gasteiger partial charge is 0.174 e. The molecule has 6 heteroatoms. The van der Waals surface area contributed by atoms with Gasteiger partial charge in [0.15, 0.2) is 4.67 Å². The molecule has 2 aromatic heterocycles. The van der Waals surface area contributed by atoms with Crippen molar-refractivity contribution in [2.45, 2.75) is 25.9 Å². The number of rotatable bonds is 4. The molecule has 0 aliphatic carbocycles. The van der Waals surface area contributed by atoms with E-state index in [0.29, 0.717) is 6.04 Å². The molecule has 0 bridgehead atoms. The van der Waals surface area contributed by atoms with Crippen molar-refractivity contribution in [2.75, 3.05) is 7.05 Å². The predicted octanol–water partition coefficient (Wildman–Crippen LogP) is 3.89. The molecule has 0 saturated carbocycles. The Morgan fingerprint density at radius 3 is 2.61 bits per heavy atom. The van der Waals surface area contributed by atoms with Crippen molar-refractivity contribution in [1.29, 1.82) is 0 Å². The van der Waals surface area contributed by atoms with E-state index in [9.17, 15) is 0 Å². The molecule has 0 radical (unpaired) electrons. The second kappa shape index (κ2) is 5.59. The summed E-state index contributed by atoms with van der Waals surface area (Å²) in [4.78, 5) is 0. The summed E-state index contributed by atoms with van der Waals surface area (Å²) < 4.78 is 9.05. The van der Waals surface area contributed by atoms with Gasteiger partial charge in [-0.2, -0.15) is 5.10 Å². The summed E-state index contributed by atoms with van der Waals surface area (Å²) in [6.45, 7) is 4.22. The third-order valence-corrected chi connectivity index (χ3v) is 4.05. The molecular weight excluding hydrogens is 362 g/mol. The standard InChI is InChI=1S/C12H15Br2N3O/c1-7(2)17-11(9(13)6-16-17)10(15-3)8-4-5-18-12(8)14/h4-7,10,15H,1-3H3. The maximum atomic E-state index is 5.32. The lowest BCUT2D eigenvalue weighted by Gasteiger charge is -2.20. The summed E-state index contributed by atoms with van der Waals surface area (Å²) in [5.41, 5.74) is 2.15. The molecule has 0 aromatic carbocycles. The van der Waals surface area contributed by atoms with Gasteiger partial charge in [-0.3, -0.25) is 4.68 Å². The molecule has 0 aliphatic rings. The van der Waals surface area contributed by atoms with E-state index in [2.05, 4.69) is 56.1 Å². The summed E-state index contributed by atoms with van der Waals surface area (Å²) in [6.07, 6.45) is 3.50. The Morgan fingerprint density at radius 1 is 1.39 bits per heavy atom. The fourth-order valence-corrected chi connectivity index (χ4v) is 2.95. The van der Waals surface area contributed by atoms with E-state index in [1.165, 1.54) is 0 Å². The normalized spacial score (nSPS) is 13.2. The van der Waals surface area contributed by atoms with Crippen LogP contribution in [-0.2, 0) is 0 Å². The second-order valence-corrected chi connectivity index (χ2v) is 5.86. The second-order valence-electron chi connectivity index (χ2n) is 4.29. The minimum Gasteiger partial charge on any atom is -0.457 e. The molecule has 4 nitrogen and oxygen atoms in total. The third kappa shape index (κ3) is 2.41. The predicted molar refractivity (Wildman–Crippen MR) is 77.6 cm³/mol. The van der Waals surface area contributed by atoms with Crippen LogP contribution in [0.2, 0.25) is 0 Å². The van der Waals surface area contributed by atoms with Gasteiger partial charge in [-0.15, -0.1) is 0 Å². The van der Waals surface area contributed by atoms with Crippen LogP contribution >= 0.6 is 31.9 Å². The minimum atomic E-state index is 0.0254. The highest BCUT2D eigenvalue weighted by Crippen LogP contribution is 2.34. The fourth-order valence-electron chi connectivity index (χ4n) is 1.98. The Hall–Kier alpha value is -0.590. The van der Waals surface area contributed by atoms with E-state index < -0.39 is 0 Å². The molecule has 2 aromatic rings. The number of furan rings is 1. The van der Waals surface area contributed by atoms with Crippen molar-refractivity contribution in [3.8, 4) is 0 Å². The van der Waals surface area contributed by atoms with Gasteiger partial charge in [0, 0.05) is 11.6 Å². The Morgan fingerprint density at radius 2 is 2.11 bits per heavy atom. The first kappa shape index (κ1) is 13.8. The number of nitrogens with zero attached hydrogens (tertiary/aromatic N) is 2. The summed E-state index contributed by atoms with van der Waals surface area (Å²) in [5.74, 6) is 0. The van der Waals surface area contributed by atoms with E-state index in [4.69, 9.17) is 4.42 Å². The van der Waals surface area contributed by atoms with Crippen molar-refractivity contribution in [2.24, 2.45) is 0 Å². The molecular formula is C12H15Br2N3O. The maximum Gasteiger partial charge on any atom is 0.174 e. The molecule has 2 rings (SSSR count).